The first-order valence-electron chi connectivity index (χ1n) is 7.85. The Bertz CT molecular complexity index is 232. The molecule has 0 aromatic carbocycles. The Labute approximate surface area is 126 Å². The van der Waals surface area contributed by atoms with Crippen molar-refractivity contribution in [1.29, 1.82) is 0 Å². The van der Waals surface area contributed by atoms with Crippen LogP contribution in [0, 0.1) is 0 Å². The molecule has 119 valence electrons. The highest BCUT2D eigenvalue weighted by Gasteiger charge is 2.21. The molecule has 20 heavy (non-hydrogen) atoms. The SMILES string of the molecule is CCO[Si](OCC)OC(C)CCCN1CCN(C)CC1. The number of hydrogen-bond acceptors (Lipinski definition) is 5. The highest BCUT2D eigenvalue weighted by atomic mass is 28.3. The molecule has 1 heterocycles. The Hall–Kier alpha value is 0.0169. The molecule has 1 aliphatic heterocycles. The molecule has 0 aliphatic carbocycles. The lowest BCUT2D eigenvalue weighted by Crippen LogP contribution is -2.44. The Morgan fingerprint density at radius 3 is 2.20 bits per heavy atom. The molecule has 1 unspecified atom stereocenters. The van der Waals surface area contributed by atoms with Gasteiger partial charge in [-0.15, -0.1) is 0 Å². The monoisotopic (exact) mass is 303 g/mol. The summed E-state index contributed by atoms with van der Waals surface area (Å²) < 4.78 is 16.9. The van der Waals surface area contributed by atoms with Gasteiger partial charge in [-0.25, -0.2) is 0 Å². The van der Waals surface area contributed by atoms with Crippen molar-refractivity contribution >= 4 is 9.53 Å². The maximum absolute atomic E-state index is 5.87. The van der Waals surface area contributed by atoms with Crippen LogP contribution in [0.3, 0.4) is 0 Å². The first-order valence-corrected chi connectivity index (χ1v) is 9.08. The van der Waals surface area contributed by atoms with Crippen LogP contribution in [0.4, 0.5) is 0 Å². The van der Waals surface area contributed by atoms with Crippen LogP contribution in [0.25, 0.3) is 0 Å². The van der Waals surface area contributed by atoms with E-state index in [2.05, 4.69) is 23.8 Å². The number of likely N-dealkylation sites (N-methyl/N-ethyl adjacent to an activating group) is 1. The average molecular weight is 303 g/mol. The van der Waals surface area contributed by atoms with Crippen molar-refractivity contribution in [3.8, 4) is 0 Å². The fraction of sp³-hybridized carbons (Fsp3) is 1.00. The van der Waals surface area contributed by atoms with Crippen molar-refractivity contribution < 1.29 is 13.3 Å². The highest BCUT2D eigenvalue weighted by Crippen LogP contribution is 2.08. The van der Waals surface area contributed by atoms with E-state index in [1.54, 1.807) is 0 Å². The van der Waals surface area contributed by atoms with Gasteiger partial charge in [0.05, 0.1) is 0 Å². The summed E-state index contributed by atoms with van der Waals surface area (Å²) in [6.07, 6.45) is 2.47. The van der Waals surface area contributed by atoms with E-state index in [4.69, 9.17) is 13.3 Å². The van der Waals surface area contributed by atoms with Crippen LogP contribution in [-0.2, 0) is 13.3 Å². The lowest BCUT2D eigenvalue weighted by Gasteiger charge is -2.32. The second kappa shape index (κ2) is 10.7. The summed E-state index contributed by atoms with van der Waals surface area (Å²) in [6.45, 7) is 13.3. The molecule has 1 radical (unpaired) electrons. The van der Waals surface area contributed by atoms with Crippen LogP contribution in [0.15, 0.2) is 0 Å². The zero-order valence-electron chi connectivity index (χ0n) is 13.6. The molecule has 1 aliphatic rings. The van der Waals surface area contributed by atoms with Crippen molar-refractivity contribution in [3.63, 3.8) is 0 Å². The predicted octanol–water partition coefficient (Wildman–Crippen LogP) is 1.48. The largest absolute Gasteiger partial charge is 0.577 e. The van der Waals surface area contributed by atoms with Gasteiger partial charge >= 0.3 is 9.53 Å². The van der Waals surface area contributed by atoms with E-state index in [9.17, 15) is 0 Å². The fourth-order valence-electron chi connectivity index (χ4n) is 2.24. The molecule has 0 saturated carbocycles. The smallest absolute Gasteiger partial charge is 0.371 e. The lowest BCUT2D eigenvalue weighted by molar-refractivity contribution is 0.0636. The zero-order chi connectivity index (χ0) is 14.8. The van der Waals surface area contributed by atoms with Crippen LogP contribution in [0.2, 0.25) is 0 Å². The molecular weight excluding hydrogens is 272 g/mol. The van der Waals surface area contributed by atoms with Gasteiger partial charge in [0, 0.05) is 45.5 Å². The van der Waals surface area contributed by atoms with Crippen molar-refractivity contribution in [3.05, 3.63) is 0 Å². The topological polar surface area (TPSA) is 34.2 Å². The second-order valence-corrected chi connectivity index (χ2v) is 6.64. The van der Waals surface area contributed by atoms with Gasteiger partial charge < -0.3 is 23.1 Å². The van der Waals surface area contributed by atoms with E-state index in [1.807, 2.05) is 13.8 Å². The Morgan fingerprint density at radius 1 is 1.05 bits per heavy atom. The Balaban J connectivity index is 2.10. The molecular formula is C14H31N2O3Si. The minimum Gasteiger partial charge on any atom is -0.371 e. The molecule has 0 amide bonds. The molecule has 0 aromatic heterocycles. The third-order valence-corrected chi connectivity index (χ3v) is 5.15. The van der Waals surface area contributed by atoms with Gasteiger partial charge in [-0.2, -0.15) is 0 Å². The molecule has 1 rings (SSSR count). The van der Waals surface area contributed by atoms with Gasteiger partial charge in [-0.3, -0.25) is 0 Å². The van der Waals surface area contributed by atoms with Crippen LogP contribution < -0.4 is 0 Å². The molecule has 1 saturated heterocycles. The number of rotatable bonds is 10. The Kier molecular flexibility index (Phi) is 9.67. The van der Waals surface area contributed by atoms with E-state index in [0.29, 0.717) is 13.2 Å². The van der Waals surface area contributed by atoms with E-state index < -0.39 is 9.53 Å². The summed E-state index contributed by atoms with van der Waals surface area (Å²) >= 11 is 0. The van der Waals surface area contributed by atoms with E-state index in [1.165, 1.54) is 39.1 Å². The van der Waals surface area contributed by atoms with Gasteiger partial charge in [0.15, 0.2) is 0 Å². The van der Waals surface area contributed by atoms with Crippen LogP contribution in [-0.4, -0.2) is 78.4 Å². The summed E-state index contributed by atoms with van der Waals surface area (Å²) in [5.41, 5.74) is 0. The maximum Gasteiger partial charge on any atom is 0.577 e. The molecule has 1 fully saturated rings. The fourth-order valence-corrected chi connectivity index (χ4v) is 3.38. The number of hydrogen-bond donors (Lipinski definition) is 0. The minimum absolute atomic E-state index is 0.217. The highest BCUT2D eigenvalue weighted by molar-refractivity contribution is 6.36. The van der Waals surface area contributed by atoms with Crippen molar-refractivity contribution in [2.45, 2.75) is 39.7 Å². The third-order valence-electron chi connectivity index (χ3n) is 3.50. The second-order valence-electron chi connectivity index (χ2n) is 5.33. The van der Waals surface area contributed by atoms with E-state index in [-0.39, 0.29) is 6.10 Å². The van der Waals surface area contributed by atoms with Gasteiger partial charge in [0.2, 0.25) is 0 Å². The number of nitrogens with zero attached hydrogens (tertiary/aromatic N) is 2. The first-order chi connectivity index (χ1) is 9.65. The summed E-state index contributed by atoms with van der Waals surface area (Å²) in [4.78, 5) is 4.94. The summed E-state index contributed by atoms with van der Waals surface area (Å²) in [6, 6.07) is 0. The molecule has 0 spiro atoms. The molecule has 1 atom stereocenters. The van der Waals surface area contributed by atoms with E-state index in [0.717, 1.165) is 6.42 Å². The first kappa shape index (κ1) is 18.1. The summed E-state index contributed by atoms with van der Waals surface area (Å²) in [5, 5.41) is 0. The van der Waals surface area contributed by atoms with Gasteiger partial charge in [-0.05, 0) is 47.2 Å². The number of piperazine rings is 1. The van der Waals surface area contributed by atoms with Crippen molar-refractivity contribution in [1.82, 2.24) is 9.80 Å². The van der Waals surface area contributed by atoms with Crippen LogP contribution in [0.5, 0.6) is 0 Å². The summed E-state index contributed by atoms with van der Waals surface area (Å²) in [7, 11) is 0.665. The minimum atomic E-state index is -1.53. The third kappa shape index (κ3) is 7.71. The van der Waals surface area contributed by atoms with Crippen molar-refractivity contribution in [2.24, 2.45) is 0 Å². The van der Waals surface area contributed by atoms with Gasteiger partial charge in [-0.1, -0.05) is 0 Å². The standard InChI is InChI=1S/C14H31N2O3Si/c1-5-17-20(18-6-2)19-14(3)8-7-9-16-12-10-15(4)11-13-16/h14H,5-13H2,1-4H3. The van der Waals surface area contributed by atoms with Gasteiger partial charge in [0.25, 0.3) is 0 Å². The quantitative estimate of drug-likeness (QED) is 0.571. The van der Waals surface area contributed by atoms with Crippen molar-refractivity contribution in [2.75, 3.05) is 53.0 Å². The molecule has 0 N–H and O–H groups in total. The zero-order valence-corrected chi connectivity index (χ0v) is 14.6. The molecule has 6 heteroatoms. The average Bonchev–Trinajstić information content (AvgIpc) is 2.41. The molecule has 0 bridgehead atoms. The Morgan fingerprint density at radius 2 is 1.65 bits per heavy atom. The molecule has 0 aromatic rings. The van der Waals surface area contributed by atoms with Gasteiger partial charge in [0.1, 0.15) is 0 Å². The molecule has 5 nitrogen and oxygen atoms in total. The predicted molar refractivity (Wildman–Crippen MR) is 82.7 cm³/mol. The maximum atomic E-state index is 5.87. The van der Waals surface area contributed by atoms with Crippen LogP contribution >= 0.6 is 0 Å². The lowest BCUT2D eigenvalue weighted by atomic mass is 10.2. The summed E-state index contributed by atoms with van der Waals surface area (Å²) in [5.74, 6) is 0. The normalized spacial score (nSPS) is 19.6. The van der Waals surface area contributed by atoms with Crippen LogP contribution in [0.1, 0.15) is 33.6 Å². The van der Waals surface area contributed by atoms with E-state index >= 15 is 0 Å².